The molecule has 0 atom stereocenters. The molecule has 1 N–H and O–H groups in total. The van der Waals surface area contributed by atoms with Crippen LogP contribution in [0.5, 0.6) is 11.5 Å². The largest absolute Gasteiger partial charge is 0.495 e. The summed E-state index contributed by atoms with van der Waals surface area (Å²) in [6, 6.07) is 17.0. The van der Waals surface area contributed by atoms with Gasteiger partial charge in [-0.3, -0.25) is 9.10 Å². The van der Waals surface area contributed by atoms with E-state index < -0.39 is 32.5 Å². The second-order valence-electron chi connectivity index (χ2n) is 9.63. The molecule has 1 amide bonds. The van der Waals surface area contributed by atoms with E-state index in [1.54, 1.807) is 36.4 Å². The number of carbonyl (C=O) groups is 1. The van der Waals surface area contributed by atoms with Crippen LogP contribution >= 0.6 is 0 Å². The quantitative estimate of drug-likeness (QED) is 0.345. The van der Waals surface area contributed by atoms with Gasteiger partial charge in [-0.05, 0) is 81.3 Å². The van der Waals surface area contributed by atoms with E-state index in [4.69, 9.17) is 9.47 Å². The smallest absolute Gasteiger partial charge is 0.264 e. The normalized spacial score (nSPS) is 14.3. The number of piperidine rings is 1. The lowest BCUT2D eigenvalue weighted by Crippen LogP contribution is -2.38. The number of methoxy groups -OCH3 is 1. The number of aryl methyl sites for hydroxylation is 1. The number of anilines is 2. The molecule has 3 aromatic rings. The molecule has 1 aliphatic rings. The van der Waals surface area contributed by atoms with Gasteiger partial charge in [0, 0.05) is 13.1 Å². The highest BCUT2D eigenvalue weighted by molar-refractivity contribution is 7.92. The van der Waals surface area contributed by atoms with Crippen LogP contribution in [0.1, 0.15) is 31.7 Å². The molecule has 0 saturated carbocycles. The monoisotopic (exact) mass is 601 g/mol. The van der Waals surface area contributed by atoms with Gasteiger partial charge in [-0.1, -0.05) is 24.1 Å². The van der Waals surface area contributed by atoms with Crippen molar-refractivity contribution in [3.63, 3.8) is 0 Å². The first-order valence-electron chi connectivity index (χ1n) is 13.4. The molecule has 41 heavy (non-hydrogen) atoms. The molecule has 0 spiro atoms. The highest BCUT2D eigenvalue weighted by Crippen LogP contribution is 2.31. The van der Waals surface area contributed by atoms with Gasteiger partial charge in [-0.25, -0.2) is 16.8 Å². The first-order chi connectivity index (χ1) is 19.6. The van der Waals surface area contributed by atoms with Crippen molar-refractivity contribution in [3.05, 3.63) is 72.3 Å². The molecule has 0 bridgehead atoms. The highest BCUT2D eigenvalue weighted by atomic mass is 32.2. The Kier molecular flexibility index (Phi) is 9.57. The number of nitrogens with zero attached hydrogens (tertiary/aromatic N) is 2. The summed E-state index contributed by atoms with van der Waals surface area (Å²) in [5, 5.41) is 2.66. The molecule has 12 heteroatoms. The number of rotatable bonds is 11. The summed E-state index contributed by atoms with van der Waals surface area (Å²) in [6.07, 6.45) is 2.56. The Hall–Kier alpha value is -3.61. The Balaban J connectivity index is 1.64. The van der Waals surface area contributed by atoms with E-state index in [2.05, 4.69) is 5.32 Å². The Labute approximate surface area is 242 Å². The molecule has 1 saturated heterocycles. The zero-order chi connectivity index (χ0) is 29.6. The molecular formula is C29H35N3O7S2. The van der Waals surface area contributed by atoms with Crippen molar-refractivity contribution in [1.29, 1.82) is 0 Å². The first-order valence-corrected chi connectivity index (χ1v) is 16.2. The van der Waals surface area contributed by atoms with Gasteiger partial charge in [-0.15, -0.1) is 0 Å². The summed E-state index contributed by atoms with van der Waals surface area (Å²) >= 11 is 0. The van der Waals surface area contributed by atoms with Crippen molar-refractivity contribution < 1.29 is 31.1 Å². The van der Waals surface area contributed by atoms with Gasteiger partial charge in [0.05, 0.1) is 34.9 Å². The molecule has 0 radical (unpaired) electrons. The summed E-state index contributed by atoms with van der Waals surface area (Å²) < 4.78 is 67.2. The molecule has 0 unspecified atom stereocenters. The fraction of sp³-hybridized carbons (Fsp3) is 0.345. The summed E-state index contributed by atoms with van der Waals surface area (Å²) in [7, 11) is -6.54. The van der Waals surface area contributed by atoms with Crippen molar-refractivity contribution >= 4 is 37.3 Å². The van der Waals surface area contributed by atoms with Crippen LogP contribution in [0.4, 0.5) is 11.4 Å². The summed E-state index contributed by atoms with van der Waals surface area (Å²) in [6.45, 7) is 4.45. The fourth-order valence-electron chi connectivity index (χ4n) is 4.55. The number of carbonyl (C=O) groups excluding carboxylic acids is 1. The maximum atomic E-state index is 13.8. The van der Waals surface area contributed by atoms with Gasteiger partial charge in [0.1, 0.15) is 18.0 Å². The lowest BCUT2D eigenvalue weighted by atomic mass is 10.2. The maximum absolute atomic E-state index is 13.8. The third-order valence-electron chi connectivity index (χ3n) is 6.73. The number of sulfonamides is 2. The Morgan fingerprint density at radius 3 is 2.15 bits per heavy atom. The summed E-state index contributed by atoms with van der Waals surface area (Å²) in [5.74, 6) is 0.0932. The second kappa shape index (κ2) is 12.9. The minimum atomic E-state index is -4.16. The predicted molar refractivity (Wildman–Crippen MR) is 158 cm³/mol. The molecule has 220 valence electrons. The molecule has 1 heterocycles. The average molecular weight is 602 g/mol. The lowest BCUT2D eigenvalue weighted by molar-refractivity contribution is -0.114. The van der Waals surface area contributed by atoms with E-state index >= 15 is 0 Å². The molecule has 0 aromatic heterocycles. The molecule has 0 aliphatic carbocycles. The van der Waals surface area contributed by atoms with E-state index in [0.29, 0.717) is 31.1 Å². The van der Waals surface area contributed by atoms with Crippen LogP contribution in [0, 0.1) is 6.92 Å². The molecule has 1 fully saturated rings. The van der Waals surface area contributed by atoms with E-state index in [1.165, 1.54) is 41.7 Å². The fourth-order valence-corrected chi connectivity index (χ4v) is 7.51. The van der Waals surface area contributed by atoms with Crippen LogP contribution in [0.25, 0.3) is 0 Å². The van der Waals surface area contributed by atoms with Gasteiger partial charge in [0.25, 0.3) is 10.0 Å². The first kappa shape index (κ1) is 30.4. The van der Waals surface area contributed by atoms with Crippen molar-refractivity contribution in [3.8, 4) is 11.5 Å². The summed E-state index contributed by atoms with van der Waals surface area (Å²) in [4.78, 5) is 13.4. The predicted octanol–water partition coefficient (Wildman–Crippen LogP) is 4.41. The van der Waals surface area contributed by atoms with Gasteiger partial charge in [0.15, 0.2) is 0 Å². The standard InChI is InChI=1S/C29H35N3O7S2/c1-4-39-24-12-14-25(15-13-24)41(36,37)32(23-10-8-22(2)9-11-23)21-29(33)30-27-20-26(16-17-28(27)38-3)40(34,35)31-18-6-5-7-19-31/h8-17,20H,4-7,18-19,21H2,1-3H3,(H,30,33). The van der Waals surface area contributed by atoms with E-state index in [1.807, 2.05) is 13.8 Å². The van der Waals surface area contributed by atoms with E-state index in [0.717, 1.165) is 29.1 Å². The van der Waals surface area contributed by atoms with Crippen LogP contribution in [0.2, 0.25) is 0 Å². The minimum absolute atomic E-state index is 0.0125. The Bertz CT molecular complexity index is 1570. The second-order valence-corrected chi connectivity index (χ2v) is 13.4. The number of amides is 1. The third kappa shape index (κ3) is 7.00. The molecule has 4 rings (SSSR count). The zero-order valence-corrected chi connectivity index (χ0v) is 25.0. The zero-order valence-electron chi connectivity index (χ0n) is 23.4. The molecule has 1 aliphatic heterocycles. The van der Waals surface area contributed by atoms with Crippen LogP contribution in [0.15, 0.2) is 76.5 Å². The highest BCUT2D eigenvalue weighted by Gasteiger charge is 2.29. The number of hydrogen-bond acceptors (Lipinski definition) is 7. The molecule has 10 nitrogen and oxygen atoms in total. The number of ether oxygens (including phenoxy) is 2. The van der Waals surface area contributed by atoms with Gasteiger partial charge in [0.2, 0.25) is 15.9 Å². The Morgan fingerprint density at radius 1 is 0.902 bits per heavy atom. The Morgan fingerprint density at radius 2 is 1.54 bits per heavy atom. The number of benzene rings is 3. The average Bonchev–Trinajstić information content (AvgIpc) is 2.97. The lowest BCUT2D eigenvalue weighted by Gasteiger charge is -2.26. The van der Waals surface area contributed by atoms with Crippen LogP contribution in [-0.4, -0.2) is 60.4 Å². The SMILES string of the molecule is CCOc1ccc(S(=O)(=O)N(CC(=O)Nc2cc(S(=O)(=O)N3CCCCC3)ccc2OC)c2ccc(C)cc2)cc1. The van der Waals surface area contributed by atoms with E-state index in [-0.39, 0.29) is 21.2 Å². The molecule has 3 aromatic carbocycles. The third-order valence-corrected chi connectivity index (χ3v) is 10.4. The van der Waals surface area contributed by atoms with E-state index in [9.17, 15) is 21.6 Å². The van der Waals surface area contributed by atoms with Crippen molar-refractivity contribution in [2.75, 3.05) is 43.0 Å². The van der Waals surface area contributed by atoms with Gasteiger partial charge >= 0.3 is 0 Å². The van der Waals surface area contributed by atoms with Crippen LogP contribution in [-0.2, 0) is 24.8 Å². The number of hydrogen-bond donors (Lipinski definition) is 1. The van der Waals surface area contributed by atoms with Crippen molar-refractivity contribution in [1.82, 2.24) is 4.31 Å². The minimum Gasteiger partial charge on any atom is -0.495 e. The van der Waals surface area contributed by atoms with Gasteiger partial charge in [-0.2, -0.15) is 4.31 Å². The van der Waals surface area contributed by atoms with Crippen molar-refractivity contribution in [2.24, 2.45) is 0 Å². The maximum Gasteiger partial charge on any atom is 0.264 e. The van der Waals surface area contributed by atoms with Crippen LogP contribution in [0.3, 0.4) is 0 Å². The van der Waals surface area contributed by atoms with Crippen LogP contribution < -0.4 is 19.1 Å². The topological polar surface area (TPSA) is 122 Å². The number of nitrogens with one attached hydrogen (secondary N) is 1. The summed E-state index contributed by atoms with van der Waals surface area (Å²) in [5.41, 5.74) is 1.35. The molecular weight excluding hydrogens is 566 g/mol. The van der Waals surface area contributed by atoms with Crippen molar-refractivity contribution in [2.45, 2.75) is 42.9 Å². The van der Waals surface area contributed by atoms with Gasteiger partial charge < -0.3 is 14.8 Å².